The normalized spacial score (nSPS) is 18.1. The Labute approximate surface area is 181 Å². The van der Waals surface area contributed by atoms with E-state index in [1.807, 2.05) is 0 Å². The topological polar surface area (TPSA) is 102 Å². The second kappa shape index (κ2) is 8.68. The summed E-state index contributed by atoms with van der Waals surface area (Å²) in [6.07, 6.45) is 1.51. The van der Waals surface area contributed by atoms with Crippen molar-refractivity contribution in [3.63, 3.8) is 0 Å². The first-order chi connectivity index (χ1) is 14.9. The number of carbonyl (C=O) groups excluding carboxylic acids is 2. The van der Waals surface area contributed by atoms with E-state index in [1.165, 1.54) is 7.11 Å². The number of sulfonamides is 1. The number of hydrogen-bond acceptors (Lipinski definition) is 6. The van der Waals surface area contributed by atoms with E-state index >= 15 is 0 Å². The molecule has 0 radical (unpaired) electrons. The van der Waals surface area contributed by atoms with Crippen molar-refractivity contribution in [2.75, 3.05) is 18.6 Å². The third kappa shape index (κ3) is 4.88. The third-order valence-electron chi connectivity index (χ3n) is 5.30. The lowest BCUT2D eigenvalue weighted by Crippen LogP contribution is -2.47. The molecule has 0 spiro atoms. The summed E-state index contributed by atoms with van der Waals surface area (Å²) in [6, 6.07) is 13.7. The third-order valence-corrected chi connectivity index (χ3v) is 6.84. The van der Waals surface area contributed by atoms with Crippen LogP contribution in [0.2, 0.25) is 0 Å². The highest BCUT2D eigenvalue weighted by molar-refractivity contribution is 7.89. The van der Waals surface area contributed by atoms with Gasteiger partial charge in [-0.3, -0.25) is 4.79 Å². The summed E-state index contributed by atoms with van der Waals surface area (Å²) in [4.78, 5) is 26.7. The molecule has 1 heterocycles. The number of fused-ring (bicyclic) bond motifs is 1. The van der Waals surface area contributed by atoms with Crippen LogP contribution in [-0.2, 0) is 30.8 Å². The molecule has 164 valence electrons. The lowest BCUT2D eigenvalue weighted by molar-refractivity contribution is -0.148. The van der Waals surface area contributed by atoms with Crippen LogP contribution in [0.25, 0.3) is 0 Å². The molecule has 1 atom stereocenters. The Morgan fingerprint density at radius 1 is 1.13 bits per heavy atom. The molecule has 1 saturated carbocycles. The Kier molecular flexibility index (Phi) is 5.97. The van der Waals surface area contributed by atoms with Crippen molar-refractivity contribution >= 4 is 27.6 Å². The van der Waals surface area contributed by atoms with Crippen LogP contribution < -0.4 is 14.4 Å². The van der Waals surface area contributed by atoms with Gasteiger partial charge < -0.3 is 14.4 Å². The van der Waals surface area contributed by atoms with Gasteiger partial charge in [0, 0.05) is 12.5 Å². The Balaban J connectivity index is 1.42. The number of aryl methyl sites for hydroxylation is 1. The monoisotopic (exact) mass is 444 g/mol. The molecule has 9 heteroatoms. The number of anilines is 1. The van der Waals surface area contributed by atoms with Crippen LogP contribution >= 0.6 is 0 Å². The van der Waals surface area contributed by atoms with Gasteiger partial charge in [0.2, 0.25) is 22.0 Å². The van der Waals surface area contributed by atoms with Crippen molar-refractivity contribution in [3.05, 3.63) is 54.1 Å². The summed E-state index contributed by atoms with van der Waals surface area (Å²) < 4.78 is 37.6. The van der Waals surface area contributed by atoms with E-state index in [-0.39, 0.29) is 29.8 Å². The number of esters is 1. The molecule has 0 bridgehead atoms. The highest BCUT2D eigenvalue weighted by Crippen LogP contribution is 2.34. The molecule has 31 heavy (non-hydrogen) atoms. The maximum absolute atomic E-state index is 13.0. The molecule has 2 aromatic rings. The predicted molar refractivity (Wildman–Crippen MR) is 113 cm³/mol. The number of ether oxygens (including phenoxy) is 2. The molecule has 0 saturated heterocycles. The Morgan fingerprint density at radius 3 is 2.52 bits per heavy atom. The lowest BCUT2D eigenvalue weighted by atomic mass is 10.1. The fraction of sp³-hybridized carbons (Fsp3) is 0.364. The van der Waals surface area contributed by atoms with Crippen LogP contribution in [0.15, 0.2) is 53.4 Å². The van der Waals surface area contributed by atoms with Crippen LogP contribution in [0.5, 0.6) is 5.75 Å². The Morgan fingerprint density at radius 2 is 1.84 bits per heavy atom. The molecule has 2 aliphatic rings. The van der Waals surface area contributed by atoms with E-state index in [1.54, 1.807) is 53.4 Å². The van der Waals surface area contributed by atoms with Crippen molar-refractivity contribution in [2.24, 2.45) is 0 Å². The molecule has 1 unspecified atom stereocenters. The van der Waals surface area contributed by atoms with Crippen molar-refractivity contribution < 1.29 is 27.5 Å². The van der Waals surface area contributed by atoms with Crippen molar-refractivity contribution in [1.29, 1.82) is 0 Å². The van der Waals surface area contributed by atoms with Gasteiger partial charge in [0.15, 0.2) is 0 Å². The maximum Gasteiger partial charge on any atom is 0.348 e. The van der Waals surface area contributed by atoms with E-state index < -0.39 is 22.1 Å². The van der Waals surface area contributed by atoms with Gasteiger partial charge in [-0.15, -0.1) is 0 Å². The smallest absolute Gasteiger partial charge is 0.348 e. The van der Waals surface area contributed by atoms with E-state index in [4.69, 9.17) is 9.47 Å². The van der Waals surface area contributed by atoms with Crippen molar-refractivity contribution in [2.45, 2.75) is 42.7 Å². The van der Waals surface area contributed by atoms with Crippen molar-refractivity contribution in [1.82, 2.24) is 4.72 Å². The predicted octanol–water partition coefficient (Wildman–Crippen LogP) is 2.03. The average molecular weight is 445 g/mol. The lowest BCUT2D eigenvalue weighted by Gasteiger charge is -2.33. The largest absolute Gasteiger partial charge is 0.475 e. The number of nitrogens with zero attached hydrogens (tertiary/aromatic N) is 1. The number of hydrogen-bond donors (Lipinski definition) is 1. The minimum absolute atomic E-state index is 0.0486. The molecular weight excluding hydrogens is 420 g/mol. The summed E-state index contributed by atoms with van der Waals surface area (Å²) >= 11 is 0. The number of methoxy groups -OCH3 is 1. The summed E-state index contributed by atoms with van der Waals surface area (Å²) in [5.41, 5.74) is 1.46. The van der Waals surface area contributed by atoms with Gasteiger partial charge in [-0.05, 0) is 49.1 Å². The number of para-hydroxylation sites is 2. The average Bonchev–Trinajstić information content (AvgIpc) is 3.59. The first kappa shape index (κ1) is 21.3. The zero-order valence-corrected chi connectivity index (χ0v) is 17.9. The van der Waals surface area contributed by atoms with Gasteiger partial charge in [-0.25, -0.2) is 17.9 Å². The number of carbonyl (C=O) groups is 2. The minimum atomic E-state index is -3.50. The number of benzene rings is 2. The molecule has 1 aliphatic carbocycles. The van der Waals surface area contributed by atoms with Gasteiger partial charge in [0.25, 0.3) is 0 Å². The molecule has 8 nitrogen and oxygen atoms in total. The fourth-order valence-electron chi connectivity index (χ4n) is 3.43. The van der Waals surface area contributed by atoms with Crippen LogP contribution in [0.4, 0.5) is 5.69 Å². The van der Waals surface area contributed by atoms with E-state index in [0.717, 1.165) is 18.4 Å². The second-order valence-electron chi connectivity index (χ2n) is 7.64. The van der Waals surface area contributed by atoms with Gasteiger partial charge >= 0.3 is 5.97 Å². The molecule has 4 rings (SSSR count). The minimum Gasteiger partial charge on any atom is -0.475 e. The van der Waals surface area contributed by atoms with Crippen LogP contribution in [0, 0.1) is 0 Å². The van der Waals surface area contributed by atoms with E-state index in [0.29, 0.717) is 17.9 Å². The van der Waals surface area contributed by atoms with Gasteiger partial charge in [0.1, 0.15) is 5.75 Å². The molecule has 2 aromatic carbocycles. The van der Waals surface area contributed by atoms with Gasteiger partial charge in [-0.2, -0.15) is 0 Å². The van der Waals surface area contributed by atoms with Crippen LogP contribution in [-0.4, -0.2) is 46.1 Å². The number of rotatable bonds is 7. The summed E-state index contributed by atoms with van der Waals surface area (Å²) in [5, 5.41) is 0. The van der Waals surface area contributed by atoms with Crippen LogP contribution in [0.3, 0.4) is 0 Å². The highest BCUT2D eigenvalue weighted by atomic mass is 32.2. The van der Waals surface area contributed by atoms with Crippen molar-refractivity contribution in [3.8, 4) is 5.75 Å². The Hall–Kier alpha value is -2.91. The summed E-state index contributed by atoms with van der Waals surface area (Å²) in [6.45, 7) is 0.0759. The molecular formula is C22H24N2O6S. The molecule has 1 fully saturated rings. The fourth-order valence-corrected chi connectivity index (χ4v) is 4.74. The van der Waals surface area contributed by atoms with E-state index in [9.17, 15) is 18.0 Å². The maximum atomic E-state index is 13.0. The van der Waals surface area contributed by atoms with Gasteiger partial charge in [-0.1, -0.05) is 24.3 Å². The molecule has 1 amide bonds. The van der Waals surface area contributed by atoms with E-state index in [2.05, 4.69) is 4.72 Å². The zero-order chi connectivity index (χ0) is 22.0. The molecule has 0 aromatic heterocycles. The quantitative estimate of drug-likeness (QED) is 0.656. The van der Waals surface area contributed by atoms with Crippen LogP contribution in [0.1, 0.15) is 24.8 Å². The number of amides is 1. The Bertz CT molecular complexity index is 1080. The zero-order valence-electron chi connectivity index (χ0n) is 17.1. The second-order valence-corrected chi connectivity index (χ2v) is 9.36. The standard InChI is InChI=1S/C22H24N2O6S/c1-29-22(26)20-14-24(18-4-2-3-5-19(18)30-20)21(25)13-8-15-6-11-17(12-7-15)31(27,28)23-16-9-10-16/h2-7,11-12,16,20,23H,8-10,13-14H2,1H3. The molecule has 1 aliphatic heterocycles. The highest BCUT2D eigenvalue weighted by Gasteiger charge is 2.34. The first-order valence-electron chi connectivity index (χ1n) is 10.1. The SMILES string of the molecule is COC(=O)C1CN(C(=O)CCc2ccc(S(=O)(=O)NC3CC3)cc2)c2ccccc2O1. The van der Waals surface area contributed by atoms with Gasteiger partial charge in [0.05, 0.1) is 24.2 Å². The molecule has 1 N–H and O–H groups in total. The summed E-state index contributed by atoms with van der Waals surface area (Å²) in [7, 11) is -2.22. The summed E-state index contributed by atoms with van der Waals surface area (Å²) in [5.74, 6) is -0.240. The number of nitrogens with one attached hydrogen (secondary N) is 1. The first-order valence-corrected chi connectivity index (χ1v) is 11.6.